The third-order valence-corrected chi connectivity index (χ3v) is 3.82. The molecule has 0 aliphatic carbocycles. The lowest BCUT2D eigenvalue weighted by atomic mass is 10.1. The van der Waals surface area contributed by atoms with Crippen molar-refractivity contribution in [3.63, 3.8) is 0 Å². The van der Waals surface area contributed by atoms with E-state index in [2.05, 4.69) is 12.8 Å². The molecule has 0 aromatic heterocycles. The molecule has 24 heavy (non-hydrogen) atoms. The van der Waals surface area contributed by atoms with Crippen molar-refractivity contribution in [2.24, 2.45) is 0 Å². The largest absolute Gasteiger partial charge is 0.466 e. The summed E-state index contributed by atoms with van der Waals surface area (Å²) in [7, 11) is 0. The fourth-order valence-corrected chi connectivity index (χ4v) is 2.32. The summed E-state index contributed by atoms with van der Waals surface area (Å²) in [5.41, 5.74) is 0. The van der Waals surface area contributed by atoms with Crippen LogP contribution >= 0.6 is 0 Å². The second-order valence-electron chi connectivity index (χ2n) is 6.20. The van der Waals surface area contributed by atoms with E-state index in [1.807, 2.05) is 0 Å². The van der Waals surface area contributed by atoms with Gasteiger partial charge in [0.1, 0.15) is 0 Å². The normalized spacial score (nSPS) is 11.5. The second kappa shape index (κ2) is 16.4. The third kappa shape index (κ3) is 15.4. The zero-order valence-corrected chi connectivity index (χ0v) is 15.5. The fourth-order valence-electron chi connectivity index (χ4n) is 2.32. The van der Waals surface area contributed by atoms with Crippen molar-refractivity contribution in [2.75, 3.05) is 6.61 Å². The molecule has 0 bridgehead atoms. The Bertz CT molecular complexity index is 370. The first-order valence-electron chi connectivity index (χ1n) is 9.41. The minimum Gasteiger partial charge on any atom is -0.466 e. The highest BCUT2D eigenvalue weighted by molar-refractivity contribution is 5.69. The van der Waals surface area contributed by atoms with Gasteiger partial charge in [0.15, 0.2) is 6.10 Å². The van der Waals surface area contributed by atoms with Gasteiger partial charge in [0.05, 0.1) is 6.61 Å². The molecule has 0 aliphatic rings. The SMILES string of the molecule is C#CC(C)OC(=O)CCCCCCCCC(=O)OCCCCCC. The van der Waals surface area contributed by atoms with Gasteiger partial charge in [-0.25, -0.2) is 0 Å². The number of esters is 2. The fraction of sp³-hybridized carbons (Fsp3) is 0.800. The van der Waals surface area contributed by atoms with Gasteiger partial charge in [-0.2, -0.15) is 0 Å². The first kappa shape index (κ1) is 22.5. The van der Waals surface area contributed by atoms with Crippen molar-refractivity contribution in [3.8, 4) is 12.3 Å². The lowest BCUT2D eigenvalue weighted by Crippen LogP contribution is -2.12. The zero-order valence-electron chi connectivity index (χ0n) is 15.5. The number of hydrogen-bond donors (Lipinski definition) is 0. The number of carbonyl (C=O) groups is 2. The Labute approximate surface area is 147 Å². The van der Waals surface area contributed by atoms with Crippen LogP contribution in [0, 0.1) is 12.3 Å². The van der Waals surface area contributed by atoms with Gasteiger partial charge in [0.2, 0.25) is 0 Å². The predicted octanol–water partition coefficient (Wildman–Crippen LogP) is 4.80. The highest BCUT2D eigenvalue weighted by atomic mass is 16.5. The van der Waals surface area contributed by atoms with Crippen LogP contribution in [0.5, 0.6) is 0 Å². The van der Waals surface area contributed by atoms with Crippen LogP contribution in [-0.4, -0.2) is 24.6 Å². The van der Waals surface area contributed by atoms with E-state index in [0.717, 1.165) is 51.4 Å². The van der Waals surface area contributed by atoms with Crippen LogP contribution < -0.4 is 0 Å². The number of carbonyl (C=O) groups excluding carboxylic acids is 2. The molecule has 1 atom stereocenters. The van der Waals surface area contributed by atoms with Gasteiger partial charge in [0.25, 0.3) is 0 Å². The van der Waals surface area contributed by atoms with Crippen LogP contribution in [0.3, 0.4) is 0 Å². The van der Waals surface area contributed by atoms with Crippen LogP contribution in [0.4, 0.5) is 0 Å². The Morgan fingerprint density at radius 3 is 2.00 bits per heavy atom. The Morgan fingerprint density at radius 2 is 1.42 bits per heavy atom. The van der Waals surface area contributed by atoms with Gasteiger partial charge in [-0.1, -0.05) is 57.8 Å². The van der Waals surface area contributed by atoms with Gasteiger partial charge < -0.3 is 9.47 Å². The van der Waals surface area contributed by atoms with E-state index in [4.69, 9.17) is 15.9 Å². The van der Waals surface area contributed by atoms with E-state index in [1.165, 1.54) is 12.8 Å². The van der Waals surface area contributed by atoms with Crippen molar-refractivity contribution < 1.29 is 19.1 Å². The second-order valence-corrected chi connectivity index (χ2v) is 6.20. The van der Waals surface area contributed by atoms with Crippen LogP contribution in [0.2, 0.25) is 0 Å². The van der Waals surface area contributed by atoms with Gasteiger partial charge in [-0.05, 0) is 26.2 Å². The lowest BCUT2D eigenvalue weighted by molar-refractivity contribution is -0.146. The summed E-state index contributed by atoms with van der Waals surface area (Å²) in [6.07, 6.45) is 16.1. The van der Waals surface area contributed by atoms with Gasteiger partial charge >= 0.3 is 11.9 Å². The monoisotopic (exact) mass is 338 g/mol. The summed E-state index contributed by atoms with van der Waals surface area (Å²) in [5.74, 6) is 2.08. The Kier molecular flexibility index (Phi) is 15.3. The zero-order chi connectivity index (χ0) is 18.0. The molecule has 0 spiro atoms. The molecule has 0 saturated carbocycles. The van der Waals surface area contributed by atoms with E-state index in [0.29, 0.717) is 19.4 Å². The van der Waals surface area contributed by atoms with E-state index < -0.39 is 6.10 Å². The molecule has 0 radical (unpaired) electrons. The van der Waals surface area contributed by atoms with Crippen LogP contribution in [0.15, 0.2) is 0 Å². The summed E-state index contributed by atoms with van der Waals surface area (Å²) in [6.45, 7) is 4.42. The summed E-state index contributed by atoms with van der Waals surface area (Å²) < 4.78 is 10.2. The predicted molar refractivity (Wildman–Crippen MR) is 96.4 cm³/mol. The summed E-state index contributed by atoms with van der Waals surface area (Å²) in [6, 6.07) is 0. The maximum atomic E-state index is 11.5. The van der Waals surface area contributed by atoms with Crippen molar-refractivity contribution in [2.45, 2.75) is 97.0 Å². The lowest BCUT2D eigenvalue weighted by Gasteiger charge is -2.07. The molecule has 0 amide bonds. The Balaban J connectivity index is 3.31. The number of ether oxygens (including phenoxy) is 2. The standard InChI is InChI=1S/C20H34O4/c1-4-6-7-14-17-23-19(21)15-12-10-8-9-11-13-16-20(22)24-18(3)5-2/h2,18H,4,6-17H2,1,3H3. The maximum absolute atomic E-state index is 11.5. The molecule has 0 N–H and O–H groups in total. The first-order chi connectivity index (χ1) is 11.6. The van der Waals surface area contributed by atoms with Crippen LogP contribution in [0.25, 0.3) is 0 Å². The van der Waals surface area contributed by atoms with Crippen LogP contribution in [0.1, 0.15) is 90.9 Å². The highest BCUT2D eigenvalue weighted by Crippen LogP contribution is 2.10. The van der Waals surface area contributed by atoms with Gasteiger partial charge in [-0.15, -0.1) is 6.42 Å². The molecule has 0 aliphatic heterocycles. The first-order valence-corrected chi connectivity index (χ1v) is 9.41. The van der Waals surface area contributed by atoms with E-state index in [-0.39, 0.29) is 11.9 Å². The minimum atomic E-state index is -0.441. The maximum Gasteiger partial charge on any atom is 0.307 e. The molecule has 0 saturated heterocycles. The van der Waals surface area contributed by atoms with Crippen LogP contribution in [-0.2, 0) is 19.1 Å². The summed E-state index contributed by atoms with van der Waals surface area (Å²) in [5, 5.41) is 0. The smallest absolute Gasteiger partial charge is 0.307 e. The molecule has 4 nitrogen and oxygen atoms in total. The summed E-state index contributed by atoms with van der Waals surface area (Å²) in [4.78, 5) is 22.9. The molecule has 0 fully saturated rings. The highest BCUT2D eigenvalue weighted by Gasteiger charge is 2.06. The molecular weight excluding hydrogens is 304 g/mol. The van der Waals surface area contributed by atoms with Gasteiger partial charge in [0, 0.05) is 12.8 Å². The molecule has 0 aromatic carbocycles. The molecule has 1 unspecified atom stereocenters. The average molecular weight is 338 g/mol. The van der Waals surface area contributed by atoms with E-state index in [9.17, 15) is 9.59 Å². The molecule has 0 aromatic rings. The Morgan fingerprint density at radius 1 is 0.875 bits per heavy atom. The quantitative estimate of drug-likeness (QED) is 0.245. The van der Waals surface area contributed by atoms with Crippen molar-refractivity contribution in [1.82, 2.24) is 0 Å². The molecule has 0 rings (SSSR count). The number of terminal acetylenes is 1. The van der Waals surface area contributed by atoms with E-state index in [1.54, 1.807) is 6.92 Å². The van der Waals surface area contributed by atoms with Crippen molar-refractivity contribution >= 4 is 11.9 Å². The van der Waals surface area contributed by atoms with Crippen molar-refractivity contribution in [1.29, 1.82) is 0 Å². The molecular formula is C20H34O4. The number of rotatable bonds is 15. The third-order valence-electron chi connectivity index (χ3n) is 3.82. The average Bonchev–Trinajstić information content (AvgIpc) is 2.56. The number of unbranched alkanes of at least 4 members (excludes halogenated alkanes) is 8. The summed E-state index contributed by atoms with van der Waals surface area (Å²) >= 11 is 0. The minimum absolute atomic E-state index is 0.0723. The molecule has 138 valence electrons. The number of hydrogen-bond acceptors (Lipinski definition) is 4. The topological polar surface area (TPSA) is 52.6 Å². The van der Waals surface area contributed by atoms with E-state index >= 15 is 0 Å². The molecule has 4 heteroatoms. The molecule has 0 heterocycles. The van der Waals surface area contributed by atoms with Crippen molar-refractivity contribution in [3.05, 3.63) is 0 Å². The Hall–Kier alpha value is -1.50. The van der Waals surface area contributed by atoms with Gasteiger partial charge in [-0.3, -0.25) is 9.59 Å².